The number of nitrogens with zero attached hydrogens (tertiary/aromatic N) is 6. The molecule has 0 unspecified atom stereocenters. The molecular weight excluding hydrogens is 472 g/mol. The molecule has 37 heavy (non-hydrogen) atoms. The zero-order valence-electron chi connectivity index (χ0n) is 21.9. The van der Waals surface area contributed by atoms with Gasteiger partial charge in [-0.1, -0.05) is 26.2 Å². The average molecular weight is 511 g/mol. The summed E-state index contributed by atoms with van der Waals surface area (Å²) in [6.45, 7) is 8.63. The Morgan fingerprint density at radius 3 is 2.59 bits per heavy atom. The molecule has 200 valence electrons. The predicted molar refractivity (Wildman–Crippen MR) is 141 cm³/mol. The van der Waals surface area contributed by atoms with Crippen LogP contribution in [0.3, 0.4) is 0 Å². The molecule has 6 rings (SSSR count). The first kappa shape index (κ1) is 24.4. The van der Waals surface area contributed by atoms with Crippen LogP contribution in [0, 0.1) is 17.8 Å². The van der Waals surface area contributed by atoms with E-state index in [0.717, 1.165) is 55.9 Å². The second-order valence-corrected chi connectivity index (χ2v) is 11.2. The molecule has 3 aromatic rings. The lowest BCUT2D eigenvalue weighted by Gasteiger charge is -2.32. The molecular formula is C26H38N8O3. The molecule has 11 nitrogen and oxygen atoms in total. The number of H-pyrrole nitrogens is 1. The van der Waals surface area contributed by atoms with E-state index in [0.29, 0.717) is 29.9 Å². The number of nitrogens with one attached hydrogen (secondary N) is 2. The molecule has 2 saturated carbocycles. The first-order valence-corrected chi connectivity index (χ1v) is 14.0. The van der Waals surface area contributed by atoms with Crippen molar-refractivity contribution in [1.29, 1.82) is 0 Å². The number of anilines is 2. The van der Waals surface area contributed by atoms with Gasteiger partial charge < -0.3 is 24.0 Å². The highest BCUT2D eigenvalue weighted by Gasteiger charge is 2.29. The lowest BCUT2D eigenvalue weighted by molar-refractivity contribution is 0.152. The van der Waals surface area contributed by atoms with Gasteiger partial charge in [-0.3, -0.25) is 0 Å². The van der Waals surface area contributed by atoms with Crippen LogP contribution in [-0.2, 0) is 11.3 Å². The monoisotopic (exact) mass is 510 g/mol. The Morgan fingerprint density at radius 1 is 1.03 bits per heavy atom. The van der Waals surface area contributed by atoms with Gasteiger partial charge in [0.15, 0.2) is 11.5 Å². The van der Waals surface area contributed by atoms with Gasteiger partial charge in [-0.25, -0.2) is 14.8 Å². The molecule has 4 heterocycles. The molecule has 3 aromatic heterocycles. The number of rotatable bonds is 7. The van der Waals surface area contributed by atoms with Gasteiger partial charge in [0, 0.05) is 32.3 Å². The zero-order chi connectivity index (χ0) is 25.4. The van der Waals surface area contributed by atoms with E-state index in [2.05, 4.69) is 38.8 Å². The van der Waals surface area contributed by atoms with E-state index in [1.54, 1.807) is 0 Å². The van der Waals surface area contributed by atoms with Crippen LogP contribution in [0.2, 0.25) is 0 Å². The van der Waals surface area contributed by atoms with Crippen LogP contribution in [0.5, 0.6) is 0 Å². The Bertz CT molecular complexity index is 1260. The third-order valence-electron chi connectivity index (χ3n) is 8.54. The Kier molecular flexibility index (Phi) is 6.88. The van der Waals surface area contributed by atoms with E-state index in [1.165, 1.54) is 44.9 Å². The fourth-order valence-corrected chi connectivity index (χ4v) is 5.96. The van der Waals surface area contributed by atoms with Crippen LogP contribution in [-0.4, -0.2) is 62.0 Å². The van der Waals surface area contributed by atoms with Crippen LogP contribution in [0.15, 0.2) is 9.32 Å². The topological polar surface area (TPSA) is 127 Å². The van der Waals surface area contributed by atoms with Crippen molar-refractivity contribution in [1.82, 2.24) is 29.7 Å². The maximum atomic E-state index is 11.6. The highest BCUT2D eigenvalue weighted by atomic mass is 16.5. The van der Waals surface area contributed by atoms with E-state index in [1.807, 2.05) is 0 Å². The molecule has 0 radical (unpaired) electrons. The Morgan fingerprint density at radius 2 is 1.86 bits per heavy atom. The van der Waals surface area contributed by atoms with E-state index in [-0.39, 0.29) is 11.9 Å². The fourth-order valence-electron chi connectivity index (χ4n) is 5.96. The van der Waals surface area contributed by atoms with E-state index in [4.69, 9.17) is 24.2 Å². The molecule has 0 aromatic carbocycles. The van der Waals surface area contributed by atoms with Crippen molar-refractivity contribution in [3.05, 3.63) is 10.6 Å². The van der Waals surface area contributed by atoms with Gasteiger partial charge in [0.25, 0.3) is 0 Å². The number of fused-ring (bicyclic) bond motifs is 1. The van der Waals surface area contributed by atoms with E-state index in [9.17, 15) is 4.79 Å². The van der Waals surface area contributed by atoms with E-state index < -0.39 is 5.76 Å². The molecule has 11 heteroatoms. The highest BCUT2D eigenvalue weighted by molar-refractivity contribution is 5.87. The van der Waals surface area contributed by atoms with Gasteiger partial charge >= 0.3 is 5.76 Å². The minimum absolute atomic E-state index is 0.215. The first-order chi connectivity index (χ1) is 18.0. The summed E-state index contributed by atoms with van der Waals surface area (Å²) in [6.07, 6.45) is 9.69. The van der Waals surface area contributed by atoms with Gasteiger partial charge in [-0.05, 0) is 56.8 Å². The molecule has 1 aliphatic heterocycles. The summed E-state index contributed by atoms with van der Waals surface area (Å²) in [6, 6.07) is 0.268. The van der Waals surface area contributed by atoms with Crippen LogP contribution < -0.4 is 16.0 Å². The minimum Gasteiger partial charge on any atom is -0.380 e. The SMILES string of the molecule is C[C@@H](Nc1nc(-c2nc(=O)o[nH]2)nc2nc(N3CCCOCC3)n(C[C@H]3CC[C@H](C)CC3)c12)C1CCC1. The Labute approximate surface area is 216 Å². The van der Waals surface area contributed by atoms with Gasteiger partial charge in [-0.15, -0.1) is 4.98 Å². The van der Waals surface area contributed by atoms with Gasteiger partial charge in [0.1, 0.15) is 5.52 Å². The number of hydrogen-bond acceptors (Lipinski definition) is 9. The number of hydrogen-bond donors (Lipinski definition) is 2. The second kappa shape index (κ2) is 10.4. The maximum absolute atomic E-state index is 11.6. The first-order valence-electron chi connectivity index (χ1n) is 14.0. The zero-order valence-corrected chi connectivity index (χ0v) is 21.9. The van der Waals surface area contributed by atoms with Crippen molar-refractivity contribution in [3.63, 3.8) is 0 Å². The number of aromatic nitrogens is 6. The average Bonchev–Trinajstić information content (AvgIpc) is 3.32. The number of imidazole rings is 1. The molecule has 3 fully saturated rings. The summed E-state index contributed by atoms with van der Waals surface area (Å²) < 4.78 is 12.9. The summed E-state index contributed by atoms with van der Waals surface area (Å²) in [5.41, 5.74) is 1.54. The Balaban J connectivity index is 1.46. The lowest BCUT2D eigenvalue weighted by atomic mass is 9.80. The van der Waals surface area contributed by atoms with Crippen LogP contribution >= 0.6 is 0 Å². The van der Waals surface area contributed by atoms with Gasteiger partial charge in [-0.2, -0.15) is 10.1 Å². The highest BCUT2D eigenvalue weighted by Crippen LogP contribution is 2.36. The third kappa shape index (κ3) is 5.10. The number of ether oxygens (including phenoxy) is 1. The second-order valence-electron chi connectivity index (χ2n) is 11.2. The van der Waals surface area contributed by atoms with Crippen molar-refractivity contribution in [2.45, 2.75) is 77.8 Å². The third-order valence-corrected chi connectivity index (χ3v) is 8.54. The van der Waals surface area contributed by atoms with Crippen molar-refractivity contribution in [2.24, 2.45) is 17.8 Å². The summed E-state index contributed by atoms with van der Waals surface area (Å²) in [5.74, 6) is 3.52. The van der Waals surface area contributed by atoms with Crippen molar-refractivity contribution in [2.75, 3.05) is 36.5 Å². The lowest BCUT2D eigenvalue weighted by Crippen LogP contribution is -2.32. The van der Waals surface area contributed by atoms with E-state index >= 15 is 0 Å². The predicted octanol–water partition coefficient (Wildman–Crippen LogP) is 3.82. The molecule has 0 amide bonds. The van der Waals surface area contributed by atoms with Crippen LogP contribution in [0.1, 0.15) is 65.2 Å². The van der Waals surface area contributed by atoms with Crippen LogP contribution in [0.4, 0.5) is 11.8 Å². The summed E-state index contributed by atoms with van der Waals surface area (Å²) >= 11 is 0. The number of aromatic amines is 1. The largest absolute Gasteiger partial charge is 0.460 e. The molecule has 1 saturated heterocycles. The molecule has 0 spiro atoms. The Hall–Kier alpha value is -2.95. The van der Waals surface area contributed by atoms with Gasteiger partial charge in [0.05, 0.1) is 6.61 Å². The van der Waals surface area contributed by atoms with Gasteiger partial charge in [0.2, 0.25) is 17.6 Å². The summed E-state index contributed by atoms with van der Waals surface area (Å²) in [5, 5.41) is 6.27. The molecule has 2 aliphatic carbocycles. The van der Waals surface area contributed by atoms with Crippen molar-refractivity contribution in [3.8, 4) is 11.6 Å². The minimum atomic E-state index is -0.696. The van der Waals surface area contributed by atoms with Crippen molar-refractivity contribution >= 4 is 22.9 Å². The molecule has 1 atom stereocenters. The van der Waals surface area contributed by atoms with Crippen LogP contribution in [0.25, 0.3) is 22.8 Å². The van der Waals surface area contributed by atoms with Crippen molar-refractivity contribution < 1.29 is 9.26 Å². The smallest absolute Gasteiger partial charge is 0.380 e. The fraction of sp³-hybridized carbons (Fsp3) is 0.731. The summed E-state index contributed by atoms with van der Waals surface area (Å²) in [4.78, 5) is 32.6. The standard InChI is InChI=1S/C26H38N8O3/c1-16-7-9-18(10-8-16)15-34-20-21(27-17(2)19-5-3-6-19)28-23(24-31-26(35)37-32-24)29-22(20)30-25(34)33-11-4-13-36-14-12-33/h16-19H,3-15H2,1-2H3,(H,27,28,29)(H,31,32,35)/t16-,17-,18-/m1/s1. The normalized spacial score (nSPS) is 24.1. The quantitative estimate of drug-likeness (QED) is 0.487. The molecule has 0 bridgehead atoms. The molecule has 2 N–H and O–H groups in total. The summed E-state index contributed by atoms with van der Waals surface area (Å²) in [7, 11) is 0. The molecule has 3 aliphatic rings. The maximum Gasteiger partial charge on any atom is 0.460 e.